The van der Waals surface area contributed by atoms with E-state index in [0.717, 1.165) is 72.7 Å². The van der Waals surface area contributed by atoms with Gasteiger partial charge in [0.1, 0.15) is 17.9 Å². The number of aliphatic hydroxyl groups is 1. The van der Waals surface area contributed by atoms with Crippen LogP contribution in [-0.2, 0) is 11.3 Å². The molecule has 1 N–H and O–H groups in total. The number of ketones is 1. The smallest absolute Gasteiger partial charge is 0.221 e. The van der Waals surface area contributed by atoms with Crippen LogP contribution in [0.5, 0.6) is 0 Å². The summed E-state index contributed by atoms with van der Waals surface area (Å²) in [5.41, 5.74) is 6.83. The Morgan fingerprint density at radius 2 is 1.21 bits per heavy atom. The third-order valence-corrected chi connectivity index (χ3v) is 9.43. The summed E-state index contributed by atoms with van der Waals surface area (Å²) in [7, 11) is 0. The minimum Gasteiger partial charge on any atom is -0.506 e. The standard InChI is InChI=1S/C44H52N2O2/c1-3-5-7-9-11-19-33-45-37(27-25-35-21-15-13-16-22-35)29-31-39(45)41-43(47)42(44(41)48)40-32-30-38(28-26-36-23-17-14-18-24-36)46(40)34-20-12-10-8-6-4-2/h13-18,21-32H,3-12,19-20,33-34H2,1-2H3/p+1/b27-25+,28-26+. The maximum absolute atomic E-state index is 14.0. The Balaban J connectivity index is 1.44. The van der Waals surface area contributed by atoms with Gasteiger partial charge in [0.05, 0.1) is 11.3 Å². The number of carbonyl (C=O) groups excluding carboxylic acids is 1. The molecule has 1 aromatic heterocycles. The zero-order valence-electron chi connectivity index (χ0n) is 29.0. The first-order valence-electron chi connectivity index (χ1n) is 18.3. The fraction of sp³-hybridized carbons (Fsp3) is 0.364. The first kappa shape index (κ1) is 34.9. The van der Waals surface area contributed by atoms with Gasteiger partial charge in [-0.25, -0.2) is 0 Å². The number of hydrogen-bond donors (Lipinski definition) is 1. The number of carbonyl (C=O) groups is 1. The van der Waals surface area contributed by atoms with Crippen molar-refractivity contribution in [1.82, 2.24) is 4.57 Å². The number of rotatable bonds is 19. The van der Waals surface area contributed by atoms with Crippen molar-refractivity contribution in [3.8, 4) is 0 Å². The van der Waals surface area contributed by atoms with Gasteiger partial charge in [-0.3, -0.25) is 4.79 Å². The maximum atomic E-state index is 14.0. The monoisotopic (exact) mass is 641 g/mol. The van der Waals surface area contributed by atoms with E-state index in [4.69, 9.17) is 0 Å². The Hall–Kier alpha value is -4.44. The minimum atomic E-state index is -0.0748. The van der Waals surface area contributed by atoms with Crippen LogP contribution >= 0.6 is 0 Å². The number of unbranched alkanes of at least 4 members (excludes halogenated alkanes) is 10. The fourth-order valence-corrected chi connectivity index (χ4v) is 6.66. The molecule has 0 fully saturated rings. The van der Waals surface area contributed by atoms with Crippen molar-refractivity contribution in [3.63, 3.8) is 0 Å². The van der Waals surface area contributed by atoms with Crippen LogP contribution in [0.2, 0.25) is 0 Å². The van der Waals surface area contributed by atoms with E-state index in [2.05, 4.69) is 83.7 Å². The van der Waals surface area contributed by atoms with Crippen LogP contribution in [0.3, 0.4) is 0 Å². The second-order valence-corrected chi connectivity index (χ2v) is 13.0. The predicted octanol–water partition coefficient (Wildman–Crippen LogP) is 11.2. The lowest BCUT2D eigenvalue weighted by molar-refractivity contribution is -0.469. The molecule has 0 spiro atoms. The molecular weight excluding hydrogens is 588 g/mol. The van der Waals surface area contributed by atoms with Crippen molar-refractivity contribution >= 4 is 35.3 Å². The summed E-state index contributed by atoms with van der Waals surface area (Å²) in [6.07, 6.45) is 26.9. The molecule has 250 valence electrons. The lowest BCUT2D eigenvalue weighted by Gasteiger charge is -2.23. The van der Waals surface area contributed by atoms with Gasteiger partial charge in [-0.15, -0.1) is 0 Å². The maximum Gasteiger partial charge on any atom is 0.221 e. The van der Waals surface area contributed by atoms with Crippen molar-refractivity contribution in [1.29, 1.82) is 0 Å². The number of benzene rings is 2. The highest BCUT2D eigenvalue weighted by molar-refractivity contribution is 6.39. The molecule has 4 heteroatoms. The summed E-state index contributed by atoms with van der Waals surface area (Å²) >= 11 is 0. The number of nitrogens with zero attached hydrogens (tertiary/aromatic N) is 2. The molecular formula is C44H53N2O2+. The van der Waals surface area contributed by atoms with Gasteiger partial charge < -0.3 is 9.67 Å². The number of aliphatic hydroxyl groups excluding tert-OH is 1. The van der Waals surface area contributed by atoms with E-state index in [9.17, 15) is 9.90 Å². The quantitative estimate of drug-likeness (QED) is 0.0804. The summed E-state index contributed by atoms with van der Waals surface area (Å²) < 4.78 is 4.45. The summed E-state index contributed by atoms with van der Waals surface area (Å²) in [6, 6.07) is 24.6. The highest BCUT2D eigenvalue weighted by atomic mass is 16.3. The van der Waals surface area contributed by atoms with E-state index in [1.807, 2.05) is 48.5 Å². The molecule has 0 bridgehead atoms. The summed E-state index contributed by atoms with van der Waals surface area (Å²) in [4.78, 5) is 14.0. The molecule has 5 rings (SSSR count). The molecule has 3 aromatic rings. The zero-order valence-corrected chi connectivity index (χ0v) is 29.0. The van der Waals surface area contributed by atoms with Crippen molar-refractivity contribution in [2.45, 2.75) is 97.4 Å². The van der Waals surface area contributed by atoms with Crippen LogP contribution in [0.4, 0.5) is 0 Å². The fourth-order valence-electron chi connectivity index (χ4n) is 6.66. The van der Waals surface area contributed by atoms with Crippen molar-refractivity contribution < 1.29 is 14.5 Å². The summed E-state index contributed by atoms with van der Waals surface area (Å²) in [5, 5.41) is 11.6. The Morgan fingerprint density at radius 1 is 0.625 bits per heavy atom. The SMILES string of the molecule is CCCCCCCCn1c(/C=C/c2ccccc2)ccc1C1=C(O)C(=C2C=CC(/C=C/c3ccccc3)=[N+]2CCCCCCCC)C1=O. The van der Waals surface area contributed by atoms with Gasteiger partial charge in [0.15, 0.2) is 0 Å². The average Bonchev–Trinajstić information content (AvgIpc) is 3.69. The van der Waals surface area contributed by atoms with E-state index in [1.54, 1.807) is 0 Å². The van der Waals surface area contributed by atoms with Crippen molar-refractivity contribution in [2.24, 2.45) is 0 Å². The van der Waals surface area contributed by atoms with E-state index in [0.29, 0.717) is 11.1 Å². The lowest BCUT2D eigenvalue weighted by Crippen LogP contribution is -2.28. The van der Waals surface area contributed by atoms with Crippen LogP contribution in [0.1, 0.15) is 113 Å². The average molecular weight is 642 g/mol. The van der Waals surface area contributed by atoms with Gasteiger partial charge in [0, 0.05) is 36.9 Å². The molecule has 0 radical (unpaired) electrons. The van der Waals surface area contributed by atoms with Gasteiger partial charge >= 0.3 is 0 Å². The van der Waals surface area contributed by atoms with Crippen LogP contribution in [0, 0.1) is 0 Å². The first-order valence-corrected chi connectivity index (χ1v) is 18.3. The van der Waals surface area contributed by atoms with Crippen molar-refractivity contribution in [2.75, 3.05) is 6.54 Å². The topological polar surface area (TPSA) is 45.2 Å². The molecule has 0 saturated carbocycles. The highest BCUT2D eigenvalue weighted by Crippen LogP contribution is 2.40. The van der Waals surface area contributed by atoms with E-state index < -0.39 is 0 Å². The molecule has 1 aliphatic carbocycles. The third kappa shape index (κ3) is 8.92. The Kier molecular flexibility index (Phi) is 13.2. The molecule has 2 aliphatic rings. The van der Waals surface area contributed by atoms with Crippen LogP contribution in [0.25, 0.3) is 23.8 Å². The molecule has 0 atom stereocenters. The Morgan fingerprint density at radius 3 is 1.83 bits per heavy atom. The van der Waals surface area contributed by atoms with Gasteiger partial charge in [-0.2, -0.15) is 4.58 Å². The van der Waals surface area contributed by atoms with Crippen LogP contribution in [0.15, 0.2) is 108 Å². The predicted molar refractivity (Wildman–Crippen MR) is 203 cm³/mol. The van der Waals surface area contributed by atoms with E-state index in [-0.39, 0.29) is 11.5 Å². The number of allylic oxidation sites excluding steroid dienone is 5. The minimum absolute atomic E-state index is 0.0748. The van der Waals surface area contributed by atoms with Gasteiger partial charge in [-0.1, -0.05) is 138 Å². The van der Waals surface area contributed by atoms with Crippen LogP contribution < -0.4 is 0 Å². The normalized spacial score (nSPS) is 16.3. The summed E-state index contributed by atoms with van der Waals surface area (Å²) in [6.45, 7) is 6.11. The molecule has 1 aliphatic heterocycles. The second-order valence-electron chi connectivity index (χ2n) is 13.0. The largest absolute Gasteiger partial charge is 0.506 e. The van der Waals surface area contributed by atoms with Gasteiger partial charge in [-0.05, 0) is 48.3 Å². The van der Waals surface area contributed by atoms with E-state index >= 15 is 0 Å². The van der Waals surface area contributed by atoms with Crippen molar-refractivity contribution in [3.05, 3.63) is 131 Å². The molecule has 0 unspecified atom stereocenters. The molecule has 0 amide bonds. The third-order valence-electron chi connectivity index (χ3n) is 9.43. The first-order chi connectivity index (χ1) is 23.6. The van der Waals surface area contributed by atoms with Gasteiger partial charge in [0.25, 0.3) is 0 Å². The molecule has 4 nitrogen and oxygen atoms in total. The number of hydrogen-bond acceptors (Lipinski definition) is 2. The molecule has 2 heterocycles. The Labute approximate surface area is 288 Å². The van der Waals surface area contributed by atoms with Gasteiger partial charge in [0.2, 0.25) is 17.2 Å². The lowest BCUT2D eigenvalue weighted by atomic mass is 9.84. The second kappa shape index (κ2) is 18.2. The van der Waals surface area contributed by atoms with Crippen LogP contribution in [-0.4, -0.2) is 32.3 Å². The number of Topliss-reactive ketones (excluding diaryl/α,β-unsaturated/α-hetero) is 1. The number of aromatic nitrogens is 1. The van der Waals surface area contributed by atoms with E-state index in [1.165, 1.54) is 51.4 Å². The Bertz CT molecular complexity index is 1700. The summed E-state index contributed by atoms with van der Waals surface area (Å²) in [5.74, 6) is 0.0380. The molecule has 48 heavy (non-hydrogen) atoms. The highest BCUT2D eigenvalue weighted by Gasteiger charge is 2.43. The molecule has 2 aromatic carbocycles. The molecule has 0 saturated heterocycles. The zero-order chi connectivity index (χ0) is 33.6.